The molecule has 1 aromatic carbocycles. The molecule has 1 N–H and O–H groups in total. The molecule has 0 radical (unpaired) electrons. The van der Waals surface area contributed by atoms with Crippen LogP contribution in [-0.2, 0) is 0 Å². The average molecular weight is 255 g/mol. The van der Waals surface area contributed by atoms with Crippen molar-refractivity contribution in [3.8, 4) is 11.3 Å². The molecule has 19 heavy (non-hydrogen) atoms. The highest BCUT2D eigenvalue weighted by molar-refractivity contribution is 5.61. The Morgan fingerprint density at radius 2 is 1.84 bits per heavy atom. The van der Waals surface area contributed by atoms with E-state index in [4.69, 9.17) is 4.52 Å². The minimum atomic E-state index is 0.775. The van der Waals surface area contributed by atoms with Crippen LogP contribution in [-0.4, -0.2) is 31.3 Å². The second kappa shape index (κ2) is 4.38. The Kier molecular flexibility index (Phi) is 2.55. The lowest BCUT2D eigenvalue weighted by molar-refractivity contribution is 0.431. The highest BCUT2D eigenvalue weighted by atomic mass is 16.5. The van der Waals surface area contributed by atoms with E-state index in [0.717, 1.165) is 55.2 Å². The van der Waals surface area contributed by atoms with Gasteiger partial charge < -0.3 is 14.7 Å². The van der Waals surface area contributed by atoms with Crippen LogP contribution in [0.3, 0.4) is 0 Å². The molecule has 2 fully saturated rings. The molecule has 0 amide bonds. The minimum absolute atomic E-state index is 0.775. The molecule has 0 saturated carbocycles. The van der Waals surface area contributed by atoms with Gasteiger partial charge in [0, 0.05) is 37.8 Å². The van der Waals surface area contributed by atoms with E-state index in [1.165, 1.54) is 0 Å². The van der Waals surface area contributed by atoms with Crippen molar-refractivity contribution in [2.24, 2.45) is 11.8 Å². The number of nitrogens with zero attached hydrogens (tertiary/aromatic N) is 2. The van der Waals surface area contributed by atoms with Crippen molar-refractivity contribution in [1.29, 1.82) is 0 Å². The van der Waals surface area contributed by atoms with Gasteiger partial charge in [0.25, 0.3) is 0 Å². The van der Waals surface area contributed by atoms with E-state index in [1.807, 2.05) is 30.3 Å². The van der Waals surface area contributed by atoms with Gasteiger partial charge >= 0.3 is 0 Å². The van der Waals surface area contributed by atoms with Gasteiger partial charge in [-0.3, -0.25) is 0 Å². The van der Waals surface area contributed by atoms with Gasteiger partial charge in [0.05, 0.1) is 0 Å². The van der Waals surface area contributed by atoms with Crippen molar-refractivity contribution in [3.05, 3.63) is 36.4 Å². The Morgan fingerprint density at radius 1 is 1.11 bits per heavy atom. The van der Waals surface area contributed by atoms with Crippen molar-refractivity contribution in [1.82, 2.24) is 10.5 Å². The standard InChI is InChI=1S/C15H17N3O/c1-2-4-11(5-3-1)14-6-15(17-19-14)18-9-12-7-16-8-13(12)10-18/h1-6,12-13,16H,7-10H2. The second-order valence-electron chi connectivity index (χ2n) is 5.50. The Morgan fingerprint density at radius 3 is 2.58 bits per heavy atom. The van der Waals surface area contributed by atoms with Gasteiger partial charge in [-0.2, -0.15) is 0 Å². The van der Waals surface area contributed by atoms with Crippen molar-refractivity contribution in [2.45, 2.75) is 0 Å². The molecule has 3 heterocycles. The van der Waals surface area contributed by atoms with E-state index in [2.05, 4.69) is 21.4 Å². The summed E-state index contributed by atoms with van der Waals surface area (Å²) >= 11 is 0. The Balaban J connectivity index is 1.56. The molecule has 0 bridgehead atoms. The van der Waals surface area contributed by atoms with Crippen LogP contribution in [0.5, 0.6) is 0 Å². The molecule has 98 valence electrons. The van der Waals surface area contributed by atoms with Crippen LogP contribution in [0, 0.1) is 11.8 Å². The van der Waals surface area contributed by atoms with E-state index < -0.39 is 0 Å². The summed E-state index contributed by atoms with van der Waals surface area (Å²) in [6, 6.07) is 12.2. The van der Waals surface area contributed by atoms with Crippen LogP contribution in [0.4, 0.5) is 5.82 Å². The fraction of sp³-hybridized carbons (Fsp3) is 0.400. The van der Waals surface area contributed by atoms with E-state index in [9.17, 15) is 0 Å². The zero-order valence-corrected chi connectivity index (χ0v) is 10.7. The smallest absolute Gasteiger partial charge is 0.172 e. The molecular formula is C15H17N3O. The first kappa shape index (κ1) is 11.1. The summed E-state index contributed by atoms with van der Waals surface area (Å²) in [7, 11) is 0. The van der Waals surface area contributed by atoms with Gasteiger partial charge in [-0.05, 0) is 11.8 Å². The molecule has 2 unspecified atom stereocenters. The van der Waals surface area contributed by atoms with Gasteiger partial charge in [-0.1, -0.05) is 35.5 Å². The normalized spacial score (nSPS) is 25.8. The average Bonchev–Trinajstić information content (AvgIpc) is 3.14. The lowest BCUT2D eigenvalue weighted by Crippen LogP contribution is -2.25. The number of benzene rings is 1. The molecule has 2 atom stereocenters. The van der Waals surface area contributed by atoms with E-state index in [-0.39, 0.29) is 0 Å². The number of hydrogen-bond donors (Lipinski definition) is 1. The summed E-state index contributed by atoms with van der Waals surface area (Å²) in [6.45, 7) is 4.48. The number of nitrogens with one attached hydrogen (secondary N) is 1. The summed E-state index contributed by atoms with van der Waals surface area (Å²) in [4.78, 5) is 2.35. The van der Waals surface area contributed by atoms with E-state index >= 15 is 0 Å². The first-order chi connectivity index (χ1) is 9.40. The largest absolute Gasteiger partial charge is 0.354 e. The third-order valence-electron chi connectivity index (χ3n) is 4.27. The van der Waals surface area contributed by atoms with E-state index in [0.29, 0.717) is 0 Å². The van der Waals surface area contributed by atoms with Crippen LogP contribution in [0.2, 0.25) is 0 Å². The Bertz CT molecular complexity index is 554. The number of hydrogen-bond acceptors (Lipinski definition) is 4. The molecule has 4 rings (SSSR count). The summed E-state index contributed by atoms with van der Waals surface area (Å²) in [5.74, 6) is 3.38. The van der Waals surface area contributed by atoms with Crippen molar-refractivity contribution in [3.63, 3.8) is 0 Å². The topological polar surface area (TPSA) is 41.3 Å². The quantitative estimate of drug-likeness (QED) is 0.891. The maximum Gasteiger partial charge on any atom is 0.172 e. The number of aromatic nitrogens is 1. The molecule has 0 aliphatic carbocycles. The van der Waals surface area contributed by atoms with Crippen LogP contribution in [0.15, 0.2) is 40.9 Å². The van der Waals surface area contributed by atoms with Crippen LogP contribution < -0.4 is 10.2 Å². The van der Waals surface area contributed by atoms with Crippen molar-refractivity contribution in [2.75, 3.05) is 31.1 Å². The van der Waals surface area contributed by atoms with Crippen LogP contribution in [0.25, 0.3) is 11.3 Å². The highest BCUT2D eigenvalue weighted by Crippen LogP contribution is 2.32. The first-order valence-electron chi connectivity index (χ1n) is 6.88. The molecule has 2 saturated heterocycles. The van der Waals surface area contributed by atoms with Gasteiger partial charge in [-0.25, -0.2) is 0 Å². The first-order valence-corrected chi connectivity index (χ1v) is 6.88. The fourth-order valence-electron chi connectivity index (χ4n) is 3.20. The highest BCUT2D eigenvalue weighted by Gasteiger charge is 2.37. The zero-order valence-electron chi connectivity index (χ0n) is 10.7. The van der Waals surface area contributed by atoms with E-state index in [1.54, 1.807) is 0 Å². The third kappa shape index (κ3) is 1.92. The molecular weight excluding hydrogens is 238 g/mol. The summed E-state index contributed by atoms with van der Waals surface area (Å²) in [5, 5.41) is 7.69. The number of anilines is 1. The lowest BCUT2D eigenvalue weighted by Gasteiger charge is -2.14. The Hall–Kier alpha value is -1.81. The van der Waals surface area contributed by atoms with Gasteiger partial charge in [0.15, 0.2) is 11.6 Å². The number of fused-ring (bicyclic) bond motifs is 1. The van der Waals surface area contributed by atoms with Crippen molar-refractivity contribution < 1.29 is 4.52 Å². The number of rotatable bonds is 2. The second-order valence-corrected chi connectivity index (χ2v) is 5.50. The van der Waals surface area contributed by atoms with Crippen LogP contribution >= 0.6 is 0 Å². The predicted molar refractivity (Wildman–Crippen MR) is 74.0 cm³/mol. The maximum atomic E-state index is 5.48. The molecule has 1 aromatic heterocycles. The van der Waals surface area contributed by atoms with Gasteiger partial charge in [-0.15, -0.1) is 0 Å². The van der Waals surface area contributed by atoms with Gasteiger partial charge in [0.2, 0.25) is 0 Å². The molecule has 4 heteroatoms. The minimum Gasteiger partial charge on any atom is -0.354 e. The van der Waals surface area contributed by atoms with Gasteiger partial charge in [0.1, 0.15) is 0 Å². The maximum absolute atomic E-state index is 5.48. The summed E-state index contributed by atoms with van der Waals surface area (Å²) < 4.78 is 5.48. The van der Waals surface area contributed by atoms with Crippen molar-refractivity contribution >= 4 is 5.82 Å². The summed E-state index contributed by atoms with van der Waals surface area (Å²) in [5.41, 5.74) is 1.09. The zero-order chi connectivity index (χ0) is 12.7. The Labute approximate surface area is 112 Å². The summed E-state index contributed by atoms with van der Waals surface area (Å²) in [6.07, 6.45) is 0. The molecule has 2 aliphatic heterocycles. The molecule has 4 nitrogen and oxygen atoms in total. The third-order valence-corrected chi connectivity index (χ3v) is 4.27. The van der Waals surface area contributed by atoms with Crippen LogP contribution in [0.1, 0.15) is 0 Å². The lowest BCUT2D eigenvalue weighted by atomic mass is 10.0. The molecule has 2 aromatic rings. The molecule has 0 spiro atoms. The molecule has 2 aliphatic rings. The SMILES string of the molecule is c1ccc(-c2cc(N3CC4CNCC4C3)no2)cc1. The fourth-order valence-corrected chi connectivity index (χ4v) is 3.20. The predicted octanol–water partition coefficient (Wildman–Crippen LogP) is 2.00. The monoisotopic (exact) mass is 255 g/mol.